The van der Waals surface area contributed by atoms with Gasteiger partial charge in [-0.2, -0.15) is 13.2 Å². The molecule has 3 heterocycles. The fourth-order valence-corrected chi connectivity index (χ4v) is 2.01. The highest BCUT2D eigenvalue weighted by Crippen LogP contribution is 2.22. The standard InChI is InChI=1S/C13H8F3N5O4/c14-13(15,16)12(24)20-9-8-10(18-4-17-9)21(5-19-8)3-6-1-2-7(25-6)11(22)23/h1-2,4-5H,3H2,(H,22,23)(H,17,18,20,24). The minimum atomic E-state index is -5.07. The fourth-order valence-electron chi connectivity index (χ4n) is 2.01. The van der Waals surface area contributed by atoms with E-state index in [0.29, 0.717) is 0 Å². The average Bonchev–Trinajstić information content (AvgIpc) is 3.15. The second-order valence-corrected chi connectivity index (χ2v) is 4.79. The molecule has 3 aromatic rings. The summed E-state index contributed by atoms with van der Waals surface area (Å²) in [5.74, 6) is -3.79. The van der Waals surface area contributed by atoms with Gasteiger partial charge in [0.2, 0.25) is 5.76 Å². The van der Waals surface area contributed by atoms with Gasteiger partial charge in [-0.1, -0.05) is 0 Å². The Morgan fingerprint density at radius 3 is 2.64 bits per heavy atom. The Kier molecular flexibility index (Phi) is 3.87. The molecule has 0 aromatic carbocycles. The molecule has 9 nitrogen and oxygen atoms in total. The first-order chi connectivity index (χ1) is 11.8. The van der Waals surface area contributed by atoms with Crippen LogP contribution in [0.2, 0.25) is 0 Å². The molecule has 3 aromatic heterocycles. The molecule has 0 spiro atoms. The minimum absolute atomic E-state index is 0.0352. The fraction of sp³-hybridized carbons (Fsp3) is 0.154. The molecule has 0 radical (unpaired) electrons. The van der Waals surface area contributed by atoms with E-state index in [-0.39, 0.29) is 29.2 Å². The van der Waals surface area contributed by atoms with Crippen LogP contribution in [0.5, 0.6) is 0 Å². The van der Waals surface area contributed by atoms with Crippen LogP contribution in [0, 0.1) is 0 Å². The van der Waals surface area contributed by atoms with Crippen LogP contribution in [0.1, 0.15) is 16.3 Å². The Morgan fingerprint density at radius 2 is 2.00 bits per heavy atom. The van der Waals surface area contributed by atoms with Crippen LogP contribution in [-0.2, 0) is 11.3 Å². The maximum absolute atomic E-state index is 12.4. The number of halogens is 3. The number of nitrogens with one attached hydrogen (secondary N) is 1. The van der Waals surface area contributed by atoms with E-state index in [2.05, 4.69) is 15.0 Å². The molecule has 0 saturated heterocycles. The van der Waals surface area contributed by atoms with Crippen molar-refractivity contribution in [2.24, 2.45) is 0 Å². The number of hydrogen-bond donors (Lipinski definition) is 2. The lowest BCUT2D eigenvalue weighted by atomic mass is 10.4. The second-order valence-electron chi connectivity index (χ2n) is 4.79. The highest BCUT2D eigenvalue weighted by molar-refractivity contribution is 5.99. The van der Waals surface area contributed by atoms with E-state index >= 15 is 0 Å². The number of rotatable bonds is 4. The molecule has 0 aliphatic carbocycles. The number of aromatic carboxylic acids is 1. The second kappa shape index (κ2) is 5.89. The largest absolute Gasteiger partial charge is 0.475 e. The van der Waals surface area contributed by atoms with Gasteiger partial charge in [0, 0.05) is 0 Å². The zero-order valence-corrected chi connectivity index (χ0v) is 12.1. The molecule has 25 heavy (non-hydrogen) atoms. The number of furan rings is 1. The van der Waals surface area contributed by atoms with Crippen LogP contribution in [0.15, 0.2) is 29.2 Å². The summed E-state index contributed by atoms with van der Waals surface area (Å²) in [5.41, 5.74) is 0.0888. The van der Waals surface area contributed by atoms with Gasteiger partial charge in [0.15, 0.2) is 17.0 Å². The summed E-state index contributed by atoms with van der Waals surface area (Å²) in [6, 6.07) is 2.70. The summed E-state index contributed by atoms with van der Waals surface area (Å²) in [6.45, 7) is 0.0352. The van der Waals surface area contributed by atoms with Crippen LogP contribution >= 0.6 is 0 Å². The van der Waals surface area contributed by atoms with Gasteiger partial charge < -0.3 is 19.4 Å². The SMILES string of the molecule is O=C(O)c1ccc(Cn2cnc3c(NC(=O)C(F)(F)F)ncnc32)o1. The van der Waals surface area contributed by atoms with Gasteiger partial charge in [0.25, 0.3) is 0 Å². The molecule has 2 N–H and O–H groups in total. The third kappa shape index (κ3) is 3.27. The smallest absolute Gasteiger partial charge is 0.471 e. The van der Waals surface area contributed by atoms with Crippen molar-refractivity contribution in [1.29, 1.82) is 0 Å². The van der Waals surface area contributed by atoms with Crippen molar-refractivity contribution in [1.82, 2.24) is 19.5 Å². The first kappa shape index (κ1) is 16.4. The Labute approximate surface area is 136 Å². The number of fused-ring (bicyclic) bond motifs is 1. The quantitative estimate of drug-likeness (QED) is 0.729. The molecule has 0 aliphatic heterocycles. The summed E-state index contributed by atoms with van der Waals surface area (Å²) in [7, 11) is 0. The van der Waals surface area contributed by atoms with Gasteiger partial charge in [-0.3, -0.25) is 4.79 Å². The van der Waals surface area contributed by atoms with Gasteiger partial charge >= 0.3 is 18.1 Å². The minimum Gasteiger partial charge on any atom is -0.475 e. The predicted molar refractivity (Wildman–Crippen MR) is 74.8 cm³/mol. The van der Waals surface area contributed by atoms with Crippen LogP contribution in [0.4, 0.5) is 19.0 Å². The third-order valence-electron chi connectivity index (χ3n) is 3.09. The molecule has 0 fully saturated rings. The van der Waals surface area contributed by atoms with Crippen molar-refractivity contribution in [2.75, 3.05) is 5.32 Å². The lowest BCUT2D eigenvalue weighted by Gasteiger charge is -2.07. The van der Waals surface area contributed by atoms with Crippen LogP contribution in [-0.4, -0.2) is 42.7 Å². The maximum Gasteiger partial charge on any atom is 0.471 e. The molecule has 1 amide bonds. The zero-order chi connectivity index (χ0) is 18.2. The number of aromatic nitrogens is 4. The average molecular weight is 355 g/mol. The molecule has 0 unspecified atom stereocenters. The number of amides is 1. The highest BCUT2D eigenvalue weighted by Gasteiger charge is 2.39. The van der Waals surface area contributed by atoms with Crippen LogP contribution in [0.25, 0.3) is 11.2 Å². The number of carboxylic acid groups (broad SMARTS) is 1. The van der Waals surface area contributed by atoms with Crippen molar-refractivity contribution in [2.45, 2.75) is 12.7 Å². The molecule has 0 bridgehead atoms. The number of hydrogen-bond acceptors (Lipinski definition) is 6. The van der Waals surface area contributed by atoms with E-state index < -0.39 is 23.9 Å². The number of carbonyl (C=O) groups is 2. The Hall–Kier alpha value is -3.44. The van der Waals surface area contributed by atoms with Gasteiger partial charge in [0.05, 0.1) is 12.9 Å². The van der Waals surface area contributed by atoms with Crippen molar-refractivity contribution in [3.05, 3.63) is 36.3 Å². The Morgan fingerprint density at radius 1 is 1.24 bits per heavy atom. The number of nitrogens with zero attached hydrogens (tertiary/aromatic N) is 4. The number of carboxylic acids is 1. The van der Waals surface area contributed by atoms with Gasteiger partial charge in [-0.05, 0) is 12.1 Å². The van der Waals surface area contributed by atoms with Crippen molar-refractivity contribution < 1.29 is 32.3 Å². The summed E-state index contributed by atoms with van der Waals surface area (Å²) < 4.78 is 43.6. The zero-order valence-electron chi connectivity index (χ0n) is 12.1. The van der Waals surface area contributed by atoms with Gasteiger partial charge in [-0.25, -0.2) is 19.7 Å². The van der Waals surface area contributed by atoms with Gasteiger partial charge in [-0.15, -0.1) is 0 Å². The topological polar surface area (TPSA) is 123 Å². The maximum atomic E-state index is 12.4. The molecule has 0 saturated carbocycles. The van der Waals surface area contributed by atoms with E-state index in [1.165, 1.54) is 23.0 Å². The predicted octanol–water partition coefficient (Wildman–Crippen LogP) is 1.67. The van der Waals surface area contributed by atoms with Crippen LogP contribution < -0.4 is 5.32 Å². The molecule has 0 aliphatic rings. The van der Waals surface area contributed by atoms with Crippen molar-refractivity contribution >= 4 is 28.9 Å². The first-order valence-corrected chi connectivity index (χ1v) is 6.61. The summed E-state index contributed by atoms with van der Waals surface area (Å²) in [6.07, 6.45) is -2.84. The molecular formula is C13H8F3N5O4. The Balaban J connectivity index is 1.90. The molecule has 0 atom stereocenters. The summed E-state index contributed by atoms with van der Waals surface area (Å²) in [4.78, 5) is 33.2. The molecule has 3 rings (SSSR count). The number of alkyl halides is 3. The van der Waals surface area contributed by atoms with Crippen LogP contribution in [0.3, 0.4) is 0 Å². The number of imidazole rings is 1. The summed E-state index contributed by atoms with van der Waals surface area (Å²) in [5, 5.41) is 10.4. The van der Waals surface area contributed by atoms with Gasteiger partial charge in [0.1, 0.15) is 12.1 Å². The normalized spacial score (nSPS) is 11.6. The van der Waals surface area contributed by atoms with E-state index in [4.69, 9.17) is 9.52 Å². The highest BCUT2D eigenvalue weighted by atomic mass is 19.4. The number of carbonyl (C=O) groups excluding carboxylic acids is 1. The van der Waals surface area contributed by atoms with E-state index in [1.807, 2.05) is 0 Å². The van der Waals surface area contributed by atoms with Crippen molar-refractivity contribution in [3.63, 3.8) is 0 Å². The third-order valence-corrected chi connectivity index (χ3v) is 3.09. The molecule has 12 heteroatoms. The Bertz CT molecular complexity index is 962. The summed E-state index contributed by atoms with van der Waals surface area (Å²) >= 11 is 0. The lowest BCUT2D eigenvalue weighted by molar-refractivity contribution is -0.167. The van der Waals surface area contributed by atoms with E-state index in [9.17, 15) is 22.8 Å². The number of anilines is 1. The molecular weight excluding hydrogens is 347 g/mol. The van der Waals surface area contributed by atoms with E-state index in [1.54, 1.807) is 5.32 Å². The van der Waals surface area contributed by atoms with Crippen molar-refractivity contribution in [3.8, 4) is 0 Å². The lowest BCUT2D eigenvalue weighted by Crippen LogP contribution is -2.30. The first-order valence-electron chi connectivity index (χ1n) is 6.61. The van der Waals surface area contributed by atoms with E-state index in [0.717, 1.165) is 6.33 Å². The monoisotopic (exact) mass is 355 g/mol. The molecule has 130 valence electrons.